The Balaban J connectivity index is 1.78. The highest BCUT2D eigenvalue weighted by atomic mass is 35.5. The highest BCUT2D eigenvalue weighted by Crippen LogP contribution is 2.35. The van der Waals surface area contributed by atoms with Gasteiger partial charge in [0, 0.05) is 30.5 Å². The molecule has 5 nitrogen and oxygen atoms in total. The molecular weight excluding hydrogens is 356 g/mol. The first kappa shape index (κ1) is 17.5. The smallest absolute Gasteiger partial charge is 0.271 e. The molecule has 1 aromatic carbocycles. The summed E-state index contributed by atoms with van der Waals surface area (Å²) in [5.41, 5.74) is 6.20. The van der Waals surface area contributed by atoms with Gasteiger partial charge in [0.2, 0.25) is 0 Å². The third kappa shape index (κ3) is 3.24. The molecule has 0 bridgehead atoms. The van der Waals surface area contributed by atoms with Crippen LogP contribution in [0.5, 0.6) is 0 Å². The topological polar surface area (TPSA) is 71.3 Å². The number of carbonyl (C=O) groups excluding carboxylic acids is 1. The maximum atomic E-state index is 13.6. The van der Waals surface area contributed by atoms with Crippen molar-refractivity contribution in [3.8, 4) is 0 Å². The minimum Gasteiger partial charge on any atom is -0.377 e. The Kier molecular flexibility index (Phi) is 5.30. The Morgan fingerprint density at radius 3 is 2.71 bits per heavy atom. The van der Waals surface area contributed by atoms with Crippen LogP contribution in [0.1, 0.15) is 23.3 Å². The number of aromatic amines is 1. The fourth-order valence-corrected chi connectivity index (χ4v) is 3.58. The van der Waals surface area contributed by atoms with E-state index in [1.54, 1.807) is 4.90 Å². The average molecular weight is 374 g/mol. The van der Waals surface area contributed by atoms with Crippen LogP contribution in [0.3, 0.4) is 0 Å². The summed E-state index contributed by atoms with van der Waals surface area (Å²) in [6, 6.07) is 2.76. The van der Waals surface area contributed by atoms with E-state index in [-0.39, 0.29) is 27.8 Å². The predicted molar refractivity (Wildman–Crippen MR) is 92.2 cm³/mol. The van der Waals surface area contributed by atoms with Crippen molar-refractivity contribution in [2.45, 2.75) is 18.9 Å². The van der Waals surface area contributed by atoms with Crippen LogP contribution < -0.4 is 5.73 Å². The van der Waals surface area contributed by atoms with E-state index in [0.717, 1.165) is 12.8 Å². The number of likely N-dealkylation sites (tertiary alicyclic amines) is 1. The lowest BCUT2D eigenvalue weighted by Gasteiger charge is -2.31. The molecule has 1 saturated heterocycles. The van der Waals surface area contributed by atoms with Gasteiger partial charge in [-0.05, 0) is 25.0 Å². The first-order valence-electron chi connectivity index (χ1n) is 7.79. The molecule has 0 saturated carbocycles. The van der Waals surface area contributed by atoms with Gasteiger partial charge in [-0.1, -0.05) is 23.2 Å². The Hall–Kier alpha value is -1.34. The summed E-state index contributed by atoms with van der Waals surface area (Å²) in [6.07, 6.45) is 1.62. The molecule has 130 valence electrons. The summed E-state index contributed by atoms with van der Waals surface area (Å²) in [4.78, 5) is 17.4. The van der Waals surface area contributed by atoms with Gasteiger partial charge in [0.1, 0.15) is 11.5 Å². The fraction of sp³-hybridized carbons (Fsp3) is 0.438. The predicted octanol–water partition coefficient (Wildman–Crippen LogP) is 3.19. The largest absolute Gasteiger partial charge is 0.377 e. The number of piperidine rings is 1. The zero-order chi connectivity index (χ0) is 17.3. The van der Waals surface area contributed by atoms with Crippen LogP contribution in [-0.2, 0) is 4.74 Å². The summed E-state index contributed by atoms with van der Waals surface area (Å²) in [7, 11) is 0. The first-order chi connectivity index (χ1) is 11.5. The molecule has 1 aliphatic rings. The SMILES string of the molecule is NCCOC1CCN(C(=O)c2[nH]c3ccc(F)c(Cl)c3c2Cl)CC1. The second kappa shape index (κ2) is 7.27. The number of carbonyl (C=O) groups is 1. The molecule has 3 rings (SSSR count). The lowest BCUT2D eigenvalue weighted by molar-refractivity contribution is 0.0120. The lowest BCUT2D eigenvalue weighted by Crippen LogP contribution is -2.41. The van der Waals surface area contributed by atoms with Gasteiger partial charge in [-0.3, -0.25) is 4.79 Å². The number of H-pyrrole nitrogens is 1. The molecule has 0 atom stereocenters. The Morgan fingerprint density at radius 1 is 1.33 bits per heavy atom. The summed E-state index contributed by atoms with van der Waals surface area (Å²) < 4.78 is 19.2. The van der Waals surface area contributed by atoms with Crippen LogP contribution in [0.15, 0.2) is 12.1 Å². The van der Waals surface area contributed by atoms with Gasteiger partial charge in [0.15, 0.2) is 0 Å². The lowest BCUT2D eigenvalue weighted by atomic mass is 10.1. The molecule has 1 aromatic heterocycles. The molecule has 2 heterocycles. The molecule has 1 aliphatic heterocycles. The summed E-state index contributed by atoms with van der Waals surface area (Å²) in [6.45, 7) is 2.15. The molecule has 0 spiro atoms. The first-order valence-corrected chi connectivity index (χ1v) is 8.54. The van der Waals surface area contributed by atoms with E-state index >= 15 is 0 Å². The highest BCUT2D eigenvalue weighted by molar-refractivity contribution is 6.44. The number of nitrogens with one attached hydrogen (secondary N) is 1. The van der Waals surface area contributed by atoms with Crippen molar-refractivity contribution in [1.82, 2.24) is 9.88 Å². The number of halogens is 3. The number of amides is 1. The van der Waals surface area contributed by atoms with Crippen LogP contribution in [0.4, 0.5) is 4.39 Å². The molecule has 8 heteroatoms. The van der Waals surface area contributed by atoms with Crippen molar-refractivity contribution >= 4 is 40.0 Å². The van der Waals surface area contributed by atoms with Gasteiger partial charge in [0.25, 0.3) is 5.91 Å². The second-order valence-corrected chi connectivity index (χ2v) is 6.50. The van der Waals surface area contributed by atoms with Crippen molar-refractivity contribution < 1.29 is 13.9 Å². The van der Waals surface area contributed by atoms with Crippen molar-refractivity contribution in [2.24, 2.45) is 5.73 Å². The molecule has 3 N–H and O–H groups in total. The number of ether oxygens (including phenoxy) is 1. The van der Waals surface area contributed by atoms with E-state index < -0.39 is 5.82 Å². The number of aromatic nitrogens is 1. The van der Waals surface area contributed by atoms with Gasteiger partial charge in [-0.15, -0.1) is 0 Å². The van der Waals surface area contributed by atoms with E-state index in [1.807, 2.05) is 0 Å². The third-order valence-electron chi connectivity index (χ3n) is 4.21. The van der Waals surface area contributed by atoms with Gasteiger partial charge >= 0.3 is 0 Å². The number of hydrogen-bond donors (Lipinski definition) is 2. The van der Waals surface area contributed by atoms with E-state index in [2.05, 4.69) is 4.98 Å². The molecule has 1 fully saturated rings. The monoisotopic (exact) mass is 373 g/mol. The van der Waals surface area contributed by atoms with Crippen molar-refractivity contribution in [1.29, 1.82) is 0 Å². The normalized spacial score (nSPS) is 16.1. The molecule has 0 radical (unpaired) electrons. The summed E-state index contributed by atoms with van der Waals surface area (Å²) in [5.74, 6) is -0.785. The molecular formula is C16H18Cl2FN3O2. The molecule has 2 aromatic rings. The number of benzene rings is 1. The van der Waals surface area contributed by atoms with Crippen LogP contribution in [0.25, 0.3) is 10.9 Å². The number of hydrogen-bond acceptors (Lipinski definition) is 3. The number of nitrogens with two attached hydrogens (primary N) is 1. The quantitative estimate of drug-likeness (QED) is 0.864. The van der Waals surface area contributed by atoms with E-state index in [0.29, 0.717) is 37.1 Å². The molecule has 0 unspecified atom stereocenters. The van der Waals surface area contributed by atoms with Gasteiger partial charge in [-0.2, -0.15) is 0 Å². The Morgan fingerprint density at radius 2 is 2.04 bits per heavy atom. The average Bonchev–Trinajstić information content (AvgIpc) is 2.93. The third-order valence-corrected chi connectivity index (χ3v) is 4.96. The van der Waals surface area contributed by atoms with Crippen LogP contribution in [-0.4, -0.2) is 48.1 Å². The molecule has 1 amide bonds. The van der Waals surface area contributed by atoms with Gasteiger partial charge < -0.3 is 20.4 Å². The zero-order valence-electron chi connectivity index (χ0n) is 12.9. The van der Waals surface area contributed by atoms with E-state index in [9.17, 15) is 9.18 Å². The van der Waals surface area contributed by atoms with Crippen molar-refractivity contribution in [3.63, 3.8) is 0 Å². The number of rotatable bonds is 4. The van der Waals surface area contributed by atoms with Gasteiger partial charge in [0.05, 0.1) is 22.8 Å². The summed E-state index contributed by atoms with van der Waals surface area (Å²) >= 11 is 12.2. The maximum Gasteiger partial charge on any atom is 0.271 e. The molecule has 24 heavy (non-hydrogen) atoms. The Labute approximate surface area is 148 Å². The molecule has 0 aliphatic carbocycles. The van der Waals surface area contributed by atoms with Gasteiger partial charge in [-0.25, -0.2) is 4.39 Å². The number of nitrogens with zero attached hydrogens (tertiary/aromatic N) is 1. The highest BCUT2D eigenvalue weighted by Gasteiger charge is 2.27. The van der Waals surface area contributed by atoms with Crippen molar-refractivity contribution in [2.75, 3.05) is 26.2 Å². The second-order valence-electron chi connectivity index (χ2n) is 5.75. The van der Waals surface area contributed by atoms with E-state index in [4.69, 9.17) is 33.7 Å². The Bertz CT molecular complexity index is 757. The van der Waals surface area contributed by atoms with Crippen LogP contribution >= 0.6 is 23.2 Å². The van der Waals surface area contributed by atoms with E-state index in [1.165, 1.54) is 12.1 Å². The maximum absolute atomic E-state index is 13.6. The standard InChI is InChI=1S/C16H18Cl2FN3O2/c17-13-10(19)1-2-11-12(13)14(18)15(21-11)16(23)22-6-3-9(4-7-22)24-8-5-20/h1-2,9,21H,3-8,20H2. The zero-order valence-corrected chi connectivity index (χ0v) is 14.5. The van der Waals surface area contributed by atoms with Crippen molar-refractivity contribution in [3.05, 3.63) is 33.7 Å². The van der Waals surface area contributed by atoms with Crippen LogP contribution in [0, 0.1) is 5.82 Å². The number of fused-ring (bicyclic) bond motifs is 1. The minimum atomic E-state index is -0.568. The summed E-state index contributed by atoms with van der Waals surface area (Å²) in [5, 5.41) is 0.408. The fourth-order valence-electron chi connectivity index (χ4n) is 2.95. The minimum absolute atomic E-state index is 0.0818. The van der Waals surface area contributed by atoms with Crippen LogP contribution in [0.2, 0.25) is 10.0 Å².